The van der Waals surface area contributed by atoms with Crippen molar-refractivity contribution in [2.24, 2.45) is 5.92 Å². The number of nitro benzene ring substituents is 1. The molecule has 2 rings (SSSR count). The lowest BCUT2D eigenvalue weighted by atomic mass is 10.1. The first-order valence-electron chi connectivity index (χ1n) is 8.45. The van der Waals surface area contributed by atoms with Gasteiger partial charge in [-0.2, -0.15) is 0 Å². The van der Waals surface area contributed by atoms with Crippen LogP contribution in [0.1, 0.15) is 41.0 Å². The molecule has 142 valence electrons. The topological polar surface area (TPSA) is 111 Å². The molecule has 27 heavy (non-hydrogen) atoms. The van der Waals surface area contributed by atoms with Crippen molar-refractivity contribution in [1.29, 1.82) is 0 Å². The van der Waals surface area contributed by atoms with Gasteiger partial charge in [0.25, 0.3) is 17.5 Å². The standard InChI is InChI=1S/C19H21N3O5/c1-13(2)10-11-27-17-5-3-4-15(12-17)19(24)21-20-18(23)14-6-8-16(9-7-14)22(25)26/h3-9,12-13H,10-11H2,1-2H3,(H,20,23)(H,21,24). The third-order valence-corrected chi connectivity index (χ3v) is 3.69. The van der Waals surface area contributed by atoms with Crippen LogP contribution in [0.5, 0.6) is 5.75 Å². The van der Waals surface area contributed by atoms with Gasteiger partial charge in [-0.1, -0.05) is 19.9 Å². The van der Waals surface area contributed by atoms with E-state index in [1.807, 2.05) is 0 Å². The Morgan fingerprint density at radius 1 is 1.04 bits per heavy atom. The van der Waals surface area contributed by atoms with Gasteiger partial charge in [0.05, 0.1) is 11.5 Å². The fourth-order valence-corrected chi connectivity index (χ4v) is 2.13. The summed E-state index contributed by atoms with van der Waals surface area (Å²) in [5.41, 5.74) is 4.98. The van der Waals surface area contributed by atoms with E-state index >= 15 is 0 Å². The number of amides is 2. The third-order valence-electron chi connectivity index (χ3n) is 3.69. The van der Waals surface area contributed by atoms with E-state index in [4.69, 9.17) is 4.74 Å². The van der Waals surface area contributed by atoms with Gasteiger partial charge in [0.1, 0.15) is 5.75 Å². The van der Waals surface area contributed by atoms with E-state index in [9.17, 15) is 19.7 Å². The number of benzene rings is 2. The fraction of sp³-hybridized carbons (Fsp3) is 0.263. The zero-order valence-corrected chi connectivity index (χ0v) is 15.1. The van der Waals surface area contributed by atoms with Crippen molar-refractivity contribution in [1.82, 2.24) is 10.9 Å². The van der Waals surface area contributed by atoms with Gasteiger partial charge in [-0.3, -0.25) is 30.6 Å². The average Bonchev–Trinajstić information content (AvgIpc) is 2.65. The molecular weight excluding hydrogens is 350 g/mol. The minimum absolute atomic E-state index is 0.120. The number of nitrogens with zero attached hydrogens (tertiary/aromatic N) is 1. The lowest BCUT2D eigenvalue weighted by Gasteiger charge is -2.10. The lowest BCUT2D eigenvalue weighted by Crippen LogP contribution is -2.41. The molecule has 0 aliphatic carbocycles. The monoisotopic (exact) mass is 371 g/mol. The summed E-state index contributed by atoms with van der Waals surface area (Å²) in [5.74, 6) is 0.0123. The molecule has 0 saturated carbocycles. The van der Waals surface area contributed by atoms with Gasteiger partial charge in [-0.05, 0) is 42.7 Å². The van der Waals surface area contributed by atoms with Crippen LogP contribution in [0, 0.1) is 16.0 Å². The largest absolute Gasteiger partial charge is 0.494 e. The van der Waals surface area contributed by atoms with E-state index in [-0.39, 0.29) is 11.3 Å². The summed E-state index contributed by atoms with van der Waals surface area (Å²) >= 11 is 0. The van der Waals surface area contributed by atoms with Crippen molar-refractivity contribution in [3.8, 4) is 5.75 Å². The van der Waals surface area contributed by atoms with Crippen molar-refractivity contribution in [2.45, 2.75) is 20.3 Å². The molecule has 0 bridgehead atoms. The van der Waals surface area contributed by atoms with Gasteiger partial charge in [0.2, 0.25) is 0 Å². The number of nitrogens with one attached hydrogen (secondary N) is 2. The van der Waals surface area contributed by atoms with Crippen LogP contribution in [0.2, 0.25) is 0 Å². The second-order valence-electron chi connectivity index (χ2n) is 6.27. The predicted octanol–water partition coefficient (Wildman–Crippen LogP) is 3.09. The summed E-state index contributed by atoms with van der Waals surface area (Å²) in [6, 6.07) is 11.7. The average molecular weight is 371 g/mol. The molecule has 0 radical (unpaired) electrons. The maximum atomic E-state index is 12.2. The molecule has 2 aromatic rings. The first-order chi connectivity index (χ1) is 12.9. The van der Waals surface area contributed by atoms with E-state index in [1.54, 1.807) is 24.3 Å². The van der Waals surface area contributed by atoms with Crippen LogP contribution < -0.4 is 15.6 Å². The Morgan fingerprint density at radius 2 is 1.67 bits per heavy atom. The summed E-state index contributed by atoms with van der Waals surface area (Å²) in [7, 11) is 0. The van der Waals surface area contributed by atoms with E-state index in [0.717, 1.165) is 6.42 Å². The van der Waals surface area contributed by atoms with Gasteiger partial charge in [0.15, 0.2) is 0 Å². The molecule has 0 unspecified atom stereocenters. The fourth-order valence-electron chi connectivity index (χ4n) is 2.13. The third kappa shape index (κ3) is 6.10. The number of non-ortho nitro benzene ring substituents is 1. The van der Waals surface area contributed by atoms with Crippen molar-refractivity contribution >= 4 is 17.5 Å². The Bertz CT molecular complexity index is 818. The molecule has 0 aromatic heterocycles. The van der Waals surface area contributed by atoms with Crippen LogP contribution in [0.4, 0.5) is 5.69 Å². The number of ether oxygens (including phenoxy) is 1. The molecule has 0 aliphatic heterocycles. The molecule has 0 spiro atoms. The van der Waals surface area contributed by atoms with Gasteiger partial charge in [-0.25, -0.2) is 0 Å². The highest BCUT2D eigenvalue weighted by molar-refractivity contribution is 5.99. The van der Waals surface area contributed by atoms with Crippen LogP contribution in [-0.4, -0.2) is 23.3 Å². The summed E-state index contributed by atoms with van der Waals surface area (Å²) in [6.45, 7) is 4.75. The second-order valence-corrected chi connectivity index (χ2v) is 6.27. The summed E-state index contributed by atoms with van der Waals surface area (Å²) < 4.78 is 5.61. The number of rotatable bonds is 7. The number of hydrogen-bond donors (Lipinski definition) is 2. The molecule has 0 aliphatic rings. The van der Waals surface area contributed by atoms with E-state index in [0.29, 0.717) is 23.8 Å². The molecule has 2 N–H and O–H groups in total. The van der Waals surface area contributed by atoms with Gasteiger partial charge in [0, 0.05) is 23.3 Å². The lowest BCUT2D eigenvalue weighted by molar-refractivity contribution is -0.384. The maximum Gasteiger partial charge on any atom is 0.269 e. The molecule has 8 nitrogen and oxygen atoms in total. The van der Waals surface area contributed by atoms with Crippen LogP contribution in [0.15, 0.2) is 48.5 Å². The quantitative estimate of drug-likeness (QED) is 0.574. The zero-order valence-electron chi connectivity index (χ0n) is 15.1. The van der Waals surface area contributed by atoms with Crippen molar-refractivity contribution in [3.63, 3.8) is 0 Å². The van der Waals surface area contributed by atoms with Crippen molar-refractivity contribution < 1.29 is 19.2 Å². The Hall–Kier alpha value is -3.42. The molecule has 2 amide bonds. The van der Waals surface area contributed by atoms with Crippen LogP contribution >= 0.6 is 0 Å². The normalized spacial score (nSPS) is 10.3. The molecule has 0 fully saturated rings. The minimum Gasteiger partial charge on any atom is -0.494 e. The van der Waals surface area contributed by atoms with Gasteiger partial charge >= 0.3 is 0 Å². The Balaban J connectivity index is 1.91. The summed E-state index contributed by atoms with van der Waals surface area (Å²) in [4.78, 5) is 34.3. The molecule has 0 saturated heterocycles. The molecule has 0 heterocycles. The first kappa shape index (κ1) is 19.9. The molecule has 8 heteroatoms. The van der Waals surface area contributed by atoms with E-state index < -0.39 is 16.7 Å². The smallest absolute Gasteiger partial charge is 0.269 e. The number of hydrazine groups is 1. The van der Waals surface area contributed by atoms with Crippen LogP contribution in [-0.2, 0) is 0 Å². The number of hydrogen-bond acceptors (Lipinski definition) is 5. The first-order valence-corrected chi connectivity index (χ1v) is 8.45. The molecule has 2 aromatic carbocycles. The van der Waals surface area contributed by atoms with Crippen molar-refractivity contribution in [2.75, 3.05) is 6.61 Å². The number of carbonyl (C=O) groups excluding carboxylic acids is 2. The number of carbonyl (C=O) groups is 2. The Labute approximate surface area is 156 Å². The molecular formula is C19H21N3O5. The Kier molecular flexibility index (Phi) is 6.87. The van der Waals surface area contributed by atoms with E-state index in [1.165, 1.54) is 24.3 Å². The minimum atomic E-state index is -0.581. The summed E-state index contributed by atoms with van der Waals surface area (Å²) in [5, 5.41) is 10.6. The molecule has 0 atom stereocenters. The number of nitro groups is 1. The second kappa shape index (κ2) is 9.33. The zero-order chi connectivity index (χ0) is 19.8. The Morgan fingerprint density at radius 3 is 2.26 bits per heavy atom. The van der Waals surface area contributed by atoms with Crippen LogP contribution in [0.3, 0.4) is 0 Å². The van der Waals surface area contributed by atoms with Crippen LogP contribution in [0.25, 0.3) is 0 Å². The highest BCUT2D eigenvalue weighted by Gasteiger charge is 2.12. The van der Waals surface area contributed by atoms with Gasteiger partial charge in [-0.15, -0.1) is 0 Å². The van der Waals surface area contributed by atoms with E-state index in [2.05, 4.69) is 24.7 Å². The highest BCUT2D eigenvalue weighted by atomic mass is 16.6. The van der Waals surface area contributed by atoms with Crippen molar-refractivity contribution in [3.05, 3.63) is 69.8 Å². The highest BCUT2D eigenvalue weighted by Crippen LogP contribution is 2.15. The van der Waals surface area contributed by atoms with Gasteiger partial charge < -0.3 is 4.74 Å². The predicted molar refractivity (Wildman–Crippen MR) is 99.4 cm³/mol. The SMILES string of the molecule is CC(C)CCOc1cccc(C(=O)NNC(=O)c2ccc([N+](=O)[O-])cc2)c1. The maximum absolute atomic E-state index is 12.2. The summed E-state index contributed by atoms with van der Waals surface area (Å²) in [6.07, 6.45) is 0.904.